The molecule has 0 saturated carbocycles. The Morgan fingerprint density at radius 3 is 2.52 bits per heavy atom. The van der Waals surface area contributed by atoms with Crippen molar-refractivity contribution in [3.05, 3.63) is 64.2 Å². The van der Waals surface area contributed by atoms with Gasteiger partial charge in [-0.3, -0.25) is 10.1 Å². The number of hydrogen-bond acceptors (Lipinski definition) is 4. The Morgan fingerprint density at radius 1 is 1.10 bits per heavy atom. The summed E-state index contributed by atoms with van der Waals surface area (Å²) >= 11 is 0. The van der Waals surface area contributed by atoms with Crippen LogP contribution in [-0.2, 0) is 6.42 Å². The Balaban J connectivity index is 1.92. The molecule has 110 valence electrons. The maximum atomic E-state index is 10.8. The molecular formula is C16H17NO4. The summed E-state index contributed by atoms with van der Waals surface area (Å²) in [7, 11) is 1.51. The van der Waals surface area contributed by atoms with Crippen LogP contribution >= 0.6 is 0 Å². The van der Waals surface area contributed by atoms with E-state index in [0.717, 1.165) is 12.8 Å². The van der Waals surface area contributed by atoms with Gasteiger partial charge in [0.15, 0.2) is 11.5 Å². The zero-order valence-electron chi connectivity index (χ0n) is 11.8. The third-order valence-corrected chi connectivity index (χ3v) is 3.07. The zero-order valence-corrected chi connectivity index (χ0v) is 11.8. The normalized spacial score (nSPS) is 10.1. The molecule has 0 unspecified atom stereocenters. The lowest BCUT2D eigenvalue weighted by Gasteiger charge is -2.10. The van der Waals surface area contributed by atoms with E-state index >= 15 is 0 Å². The van der Waals surface area contributed by atoms with Gasteiger partial charge in [0.05, 0.1) is 24.7 Å². The number of rotatable bonds is 7. The quantitative estimate of drug-likeness (QED) is 0.443. The second kappa shape index (κ2) is 7.28. The first kappa shape index (κ1) is 14.8. The summed E-state index contributed by atoms with van der Waals surface area (Å²) in [4.78, 5) is 10.3. The Morgan fingerprint density at radius 2 is 1.86 bits per heavy atom. The second-order valence-corrected chi connectivity index (χ2v) is 4.53. The van der Waals surface area contributed by atoms with Crippen molar-refractivity contribution < 1.29 is 14.4 Å². The molecule has 0 heterocycles. The molecule has 0 amide bonds. The highest BCUT2D eigenvalue weighted by atomic mass is 16.6. The van der Waals surface area contributed by atoms with Gasteiger partial charge in [-0.2, -0.15) is 0 Å². The van der Waals surface area contributed by atoms with E-state index in [-0.39, 0.29) is 5.69 Å². The van der Waals surface area contributed by atoms with E-state index in [1.54, 1.807) is 6.07 Å². The Hall–Kier alpha value is -2.56. The SMILES string of the molecule is COc1ccc([N+](=O)[O-])cc1OCCCc1ccccc1. The molecule has 0 fully saturated rings. The Labute approximate surface area is 123 Å². The average Bonchev–Trinajstić information content (AvgIpc) is 2.52. The van der Waals surface area contributed by atoms with Crippen LogP contribution in [0, 0.1) is 10.1 Å². The molecule has 0 N–H and O–H groups in total. The predicted molar refractivity (Wildman–Crippen MR) is 79.9 cm³/mol. The van der Waals surface area contributed by atoms with E-state index in [1.165, 1.54) is 24.8 Å². The number of methoxy groups -OCH3 is 1. The van der Waals surface area contributed by atoms with Crippen LogP contribution < -0.4 is 9.47 Å². The van der Waals surface area contributed by atoms with Crippen molar-refractivity contribution >= 4 is 5.69 Å². The van der Waals surface area contributed by atoms with E-state index in [1.807, 2.05) is 18.2 Å². The maximum Gasteiger partial charge on any atom is 0.273 e. The summed E-state index contributed by atoms with van der Waals surface area (Å²) in [5, 5.41) is 10.8. The Bertz CT molecular complexity index is 598. The molecular weight excluding hydrogens is 270 g/mol. The van der Waals surface area contributed by atoms with Gasteiger partial charge in [-0.25, -0.2) is 0 Å². The molecule has 0 spiro atoms. The van der Waals surface area contributed by atoms with Gasteiger partial charge in [0.2, 0.25) is 0 Å². The van der Waals surface area contributed by atoms with Crippen molar-refractivity contribution in [1.82, 2.24) is 0 Å². The molecule has 0 bridgehead atoms. The minimum absolute atomic E-state index is 0.00569. The standard InChI is InChI=1S/C16H17NO4/c1-20-15-10-9-14(17(18)19)12-16(15)21-11-5-8-13-6-3-2-4-7-13/h2-4,6-7,9-10,12H,5,8,11H2,1H3. The molecule has 2 aromatic rings. The van der Waals surface area contributed by atoms with Crippen LogP contribution in [0.25, 0.3) is 0 Å². The molecule has 21 heavy (non-hydrogen) atoms. The fraction of sp³-hybridized carbons (Fsp3) is 0.250. The number of aryl methyl sites for hydroxylation is 1. The Kier molecular flexibility index (Phi) is 5.15. The van der Waals surface area contributed by atoms with Gasteiger partial charge in [0.1, 0.15) is 0 Å². The van der Waals surface area contributed by atoms with E-state index in [4.69, 9.17) is 9.47 Å². The number of nitro groups is 1. The summed E-state index contributed by atoms with van der Waals surface area (Å²) in [6, 6.07) is 14.4. The van der Waals surface area contributed by atoms with Gasteiger partial charge in [-0.15, -0.1) is 0 Å². The van der Waals surface area contributed by atoms with Crippen LogP contribution in [0.1, 0.15) is 12.0 Å². The van der Waals surface area contributed by atoms with Crippen molar-refractivity contribution in [2.24, 2.45) is 0 Å². The average molecular weight is 287 g/mol. The lowest BCUT2D eigenvalue weighted by molar-refractivity contribution is -0.385. The third kappa shape index (κ3) is 4.21. The smallest absolute Gasteiger partial charge is 0.273 e. The predicted octanol–water partition coefficient (Wildman–Crippen LogP) is 3.62. The summed E-state index contributed by atoms with van der Waals surface area (Å²) in [6.45, 7) is 0.479. The molecule has 2 rings (SSSR count). The maximum absolute atomic E-state index is 10.8. The largest absolute Gasteiger partial charge is 0.493 e. The summed E-state index contributed by atoms with van der Waals surface area (Å²) in [5.74, 6) is 0.903. The molecule has 0 aliphatic carbocycles. The third-order valence-electron chi connectivity index (χ3n) is 3.07. The van der Waals surface area contributed by atoms with Crippen molar-refractivity contribution in [1.29, 1.82) is 0 Å². The van der Waals surface area contributed by atoms with Gasteiger partial charge in [0.25, 0.3) is 5.69 Å². The van der Waals surface area contributed by atoms with Gasteiger partial charge in [-0.05, 0) is 24.5 Å². The molecule has 5 heteroatoms. The van der Waals surface area contributed by atoms with Crippen LogP contribution in [0.15, 0.2) is 48.5 Å². The highest BCUT2D eigenvalue weighted by Crippen LogP contribution is 2.31. The van der Waals surface area contributed by atoms with Crippen molar-refractivity contribution in [3.8, 4) is 11.5 Å². The van der Waals surface area contributed by atoms with E-state index < -0.39 is 4.92 Å². The number of non-ortho nitro benzene ring substituents is 1. The molecule has 0 radical (unpaired) electrons. The van der Waals surface area contributed by atoms with Crippen molar-refractivity contribution in [2.75, 3.05) is 13.7 Å². The molecule has 2 aromatic carbocycles. The highest BCUT2D eigenvalue weighted by molar-refractivity contribution is 5.48. The first-order valence-corrected chi connectivity index (χ1v) is 6.70. The van der Waals surface area contributed by atoms with Crippen LogP contribution in [-0.4, -0.2) is 18.6 Å². The van der Waals surface area contributed by atoms with Crippen LogP contribution in [0.5, 0.6) is 11.5 Å². The minimum Gasteiger partial charge on any atom is -0.493 e. The number of benzene rings is 2. The van der Waals surface area contributed by atoms with Crippen LogP contribution in [0.2, 0.25) is 0 Å². The summed E-state index contributed by atoms with van der Waals surface area (Å²) in [6.07, 6.45) is 1.73. The second-order valence-electron chi connectivity index (χ2n) is 4.53. The lowest BCUT2D eigenvalue weighted by atomic mass is 10.1. The first-order chi connectivity index (χ1) is 10.2. The fourth-order valence-electron chi connectivity index (χ4n) is 1.99. The number of hydrogen-bond donors (Lipinski definition) is 0. The molecule has 0 saturated heterocycles. The zero-order chi connectivity index (χ0) is 15.1. The molecule has 0 aliphatic rings. The topological polar surface area (TPSA) is 61.6 Å². The lowest BCUT2D eigenvalue weighted by Crippen LogP contribution is -2.01. The van der Waals surface area contributed by atoms with Gasteiger partial charge in [-0.1, -0.05) is 30.3 Å². The number of nitro benzene ring substituents is 1. The molecule has 5 nitrogen and oxygen atoms in total. The number of ether oxygens (including phenoxy) is 2. The van der Waals surface area contributed by atoms with Crippen molar-refractivity contribution in [2.45, 2.75) is 12.8 Å². The van der Waals surface area contributed by atoms with Gasteiger partial charge in [0, 0.05) is 6.07 Å². The summed E-state index contributed by atoms with van der Waals surface area (Å²) in [5.41, 5.74) is 1.24. The monoisotopic (exact) mass is 287 g/mol. The summed E-state index contributed by atoms with van der Waals surface area (Å²) < 4.78 is 10.8. The van der Waals surface area contributed by atoms with Gasteiger partial charge < -0.3 is 9.47 Å². The van der Waals surface area contributed by atoms with E-state index in [0.29, 0.717) is 18.1 Å². The fourth-order valence-corrected chi connectivity index (χ4v) is 1.99. The van der Waals surface area contributed by atoms with Crippen LogP contribution in [0.4, 0.5) is 5.69 Å². The molecule has 0 atom stereocenters. The highest BCUT2D eigenvalue weighted by Gasteiger charge is 2.12. The first-order valence-electron chi connectivity index (χ1n) is 6.70. The van der Waals surface area contributed by atoms with E-state index in [2.05, 4.69) is 12.1 Å². The molecule has 0 aliphatic heterocycles. The van der Waals surface area contributed by atoms with E-state index in [9.17, 15) is 10.1 Å². The van der Waals surface area contributed by atoms with Crippen molar-refractivity contribution in [3.63, 3.8) is 0 Å². The minimum atomic E-state index is -0.448. The van der Waals surface area contributed by atoms with Gasteiger partial charge >= 0.3 is 0 Å². The molecule has 0 aromatic heterocycles. The van der Waals surface area contributed by atoms with Crippen LogP contribution in [0.3, 0.4) is 0 Å². The number of nitrogens with zero attached hydrogens (tertiary/aromatic N) is 1.